The molecule has 6 rings (SSSR count). The second-order valence-corrected chi connectivity index (χ2v) is 12.6. The van der Waals surface area contributed by atoms with Gasteiger partial charge >= 0.3 is 0 Å². The fraction of sp³-hybridized carbons (Fsp3) is 0.179. The molecule has 1 aliphatic rings. The maximum Gasteiger partial charge on any atom is 0.271 e. The van der Waals surface area contributed by atoms with E-state index < -0.39 is 6.04 Å². The summed E-state index contributed by atoms with van der Waals surface area (Å²) < 4.78 is 19.0. The molecule has 1 atom stereocenters. The van der Waals surface area contributed by atoms with E-state index in [9.17, 15) is 14.9 Å². The lowest BCUT2D eigenvalue weighted by molar-refractivity contribution is -0.113. The number of nitriles is 1. The third-order valence-corrected chi connectivity index (χ3v) is 9.32. The number of fused-ring (bicyclic) bond motifs is 1. The van der Waals surface area contributed by atoms with E-state index >= 15 is 0 Å². The monoisotopic (exact) mass is 670 g/mol. The quantitative estimate of drug-likeness (QED) is 0.207. The number of methoxy groups -OCH3 is 2. The van der Waals surface area contributed by atoms with Crippen molar-refractivity contribution in [3.8, 4) is 23.3 Å². The first-order valence-electron chi connectivity index (χ1n) is 15.5. The molecule has 246 valence electrons. The first-order chi connectivity index (χ1) is 23.7. The Morgan fingerprint density at radius 3 is 2.47 bits per heavy atom. The number of allylic oxidation sites excluding steroid dienone is 1. The topological polar surface area (TPSA) is 115 Å². The molecule has 0 unspecified atom stereocenters. The van der Waals surface area contributed by atoms with Crippen molar-refractivity contribution in [1.82, 2.24) is 4.57 Å². The Kier molecular flexibility index (Phi) is 9.47. The molecule has 2 heterocycles. The lowest BCUT2D eigenvalue weighted by atomic mass is 9.95. The van der Waals surface area contributed by atoms with Crippen LogP contribution in [0, 0.1) is 25.2 Å². The summed E-state index contributed by atoms with van der Waals surface area (Å²) >= 11 is 1.25. The summed E-state index contributed by atoms with van der Waals surface area (Å²) in [6, 6.07) is 27.3. The highest BCUT2D eigenvalue weighted by molar-refractivity contribution is 7.07. The molecule has 5 aromatic rings. The molecule has 1 N–H and O–H groups in total. The van der Waals surface area contributed by atoms with Crippen molar-refractivity contribution in [2.45, 2.75) is 33.4 Å². The first kappa shape index (κ1) is 33.0. The minimum Gasteiger partial charge on any atom is -0.497 e. The van der Waals surface area contributed by atoms with Crippen molar-refractivity contribution in [3.63, 3.8) is 0 Å². The molecular formula is C39H34N4O5S. The molecule has 0 fully saturated rings. The molecule has 0 aliphatic carbocycles. The van der Waals surface area contributed by atoms with Crippen molar-refractivity contribution < 1.29 is 19.0 Å². The smallest absolute Gasteiger partial charge is 0.271 e. The third kappa shape index (κ3) is 6.75. The number of benzene rings is 4. The Morgan fingerprint density at radius 2 is 1.76 bits per heavy atom. The van der Waals surface area contributed by atoms with Crippen LogP contribution in [0.5, 0.6) is 17.2 Å². The van der Waals surface area contributed by atoms with E-state index in [1.807, 2.05) is 80.6 Å². The van der Waals surface area contributed by atoms with E-state index in [0.717, 1.165) is 27.8 Å². The van der Waals surface area contributed by atoms with E-state index in [2.05, 4.69) is 11.4 Å². The van der Waals surface area contributed by atoms with Crippen LogP contribution in [0.15, 0.2) is 106 Å². The fourth-order valence-electron chi connectivity index (χ4n) is 5.81. The summed E-state index contributed by atoms with van der Waals surface area (Å²) in [7, 11) is 3.14. The van der Waals surface area contributed by atoms with Gasteiger partial charge in [0.05, 0.1) is 47.7 Å². The number of aromatic nitrogens is 1. The maximum atomic E-state index is 14.2. The van der Waals surface area contributed by atoms with Crippen LogP contribution in [0.25, 0.3) is 6.08 Å². The van der Waals surface area contributed by atoms with Crippen LogP contribution in [0.1, 0.15) is 46.3 Å². The number of hydrogen-bond acceptors (Lipinski definition) is 8. The Labute approximate surface area is 287 Å². The summed E-state index contributed by atoms with van der Waals surface area (Å²) in [4.78, 5) is 33.5. The molecule has 1 aliphatic heterocycles. The highest BCUT2D eigenvalue weighted by Gasteiger charge is 2.32. The van der Waals surface area contributed by atoms with Gasteiger partial charge in [0.2, 0.25) is 0 Å². The number of carbonyl (C=O) groups is 1. The molecule has 49 heavy (non-hydrogen) atoms. The van der Waals surface area contributed by atoms with E-state index in [0.29, 0.717) is 49.1 Å². The van der Waals surface area contributed by atoms with Crippen LogP contribution in [-0.2, 0) is 11.4 Å². The van der Waals surface area contributed by atoms with Gasteiger partial charge in [0, 0.05) is 11.3 Å². The average Bonchev–Trinajstić information content (AvgIpc) is 3.41. The second-order valence-electron chi connectivity index (χ2n) is 11.6. The highest BCUT2D eigenvalue weighted by atomic mass is 32.1. The van der Waals surface area contributed by atoms with Gasteiger partial charge in [-0.2, -0.15) is 5.26 Å². The molecule has 1 amide bonds. The van der Waals surface area contributed by atoms with E-state index in [4.69, 9.17) is 19.2 Å². The number of aryl methyl sites for hydroxylation is 2. The lowest BCUT2D eigenvalue weighted by Crippen LogP contribution is -2.40. The molecule has 4 aromatic carbocycles. The molecule has 1 aromatic heterocycles. The van der Waals surface area contributed by atoms with Gasteiger partial charge in [0.15, 0.2) is 16.3 Å². The Hall–Kier alpha value is -5.92. The molecular weight excluding hydrogens is 637 g/mol. The summed E-state index contributed by atoms with van der Waals surface area (Å²) in [5.41, 5.74) is 6.12. The largest absolute Gasteiger partial charge is 0.497 e. The number of amides is 1. The average molecular weight is 671 g/mol. The van der Waals surface area contributed by atoms with E-state index in [1.54, 1.807) is 50.0 Å². The molecule has 0 saturated heterocycles. The molecule has 0 radical (unpaired) electrons. The second kappa shape index (κ2) is 14.1. The molecule has 0 saturated carbocycles. The third-order valence-electron chi connectivity index (χ3n) is 8.33. The van der Waals surface area contributed by atoms with Gasteiger partial charge in [0.25, 0.3) is 11.5 Å². The van der Waals surface area contributed by atoms with Gasteiger partial charge in [-0.25, -0.2) is 4.99 Å². The maximum absolute atomic E-state index is 14.2. The van der Waals surface area contributed by atoms with Crippen LogP contribution >= 0.6 is 11.3 Å². The van der Waals surface area contributed by atoms with Crippen LogP contribution in [-0.4, -0.2) is 24.7 Å². The number of nitrogens with one attached hydrogen (secondary N) is 1. The Balaban J connectivity index is 1.38. The Morgan fingerprint density at radius 1 is 0.980 bits per heavy atom. The zero-order valence-corrected chi connectivity index (χ0v) is 28.6. The summed E-state index contributed by atoms with van der Waals surface area (Å²) in [6.07, 6.45) is 1.78. The van der Waals surface area contributed by atoms with Gasteiger partial charge in [-0.1, -0.05) is 65.4 Å². The minimum absolute atomic E-state index is 0.197. The van der Waals surface area contributed by atoms with Gasteiger partial charge in [-0.15, -0.1) is 0 Å². The van der Waals surface area contributed by atoms with Crippen molar-refractivity contribution in [2.75, 3.05) is 19.5 Å². The number of hydrogen-bond donors (Lipinski definition) is 1. The van der Waals surface area contributed by atoms with Crippen LogP contribution in [0.3, 0.4) is 0 Å². The summed E-state index contributed by atoms with van der Waals surface area (Å²) in [5.74, 6) is 1.31. The number of nitrogens with zero attached hydrogens (tertiary/aromatic N) is 3. The van der Waals surface area contributed by atoms with Crippen molar-refractivity contribution in [3.05, 3.63) is 149 Å². The van der Waals surface area contributed by atoms with E-state index in [-0.39, 0.29) is 18.1 Å². The highest BCUT2D eigenvalue weighted by Crippen LogP contribution is 2.33. The number of rotatable bonds is 9. The van der Waals surface area contributed by atoms with Crippen LogP contribution in [0.2, 0.25) is 0 Å². The number of thiazole rings is 1. The summed E-state index contributed by atoms with van der Waals surface area (Å²) in [5, 5.41) is 12.5. The van der Waals surface area contributed by atoms with E-state index in [1.165, 1.54) is 11.3 Å². The van der Waals surface area contributed by atoms with Gasteiger partial charge in [-0.05, 0) is 79.9 Å². The number of carbonyl (C=O) groups excluding carboxylic acids is 1. The molecule has 9 nitrogen and oxygen atoms in total. The molecule has 0 bridgehead atoms. The van der Waals surface area contributed by atoms with Crippen molar-refractivity contribution in [1.29, 1.82) is 5.26 Å². The zero-order chi connectivity index (χ0) is 34.7. The molecule has 10 heteroatoms. The SMILES string of the molecule is COc1ccc([C@@H]2C(C(=O)Nc3ccc(C)cc3C)=C(C)N=c3s/c(=C/c4ccc(OCc5ccccc5C#N)c(OC)c4)c(=O)n32)cc1. The predicted molar refractivity (Wildman–Crippen MR) is 190 cm³/mol. The Bertz CT molecular complexity index is 2330. The summed E-state index contributed by atoms with van der Waals surface area (Å²) in [6.45, 7) is 5.94. The van der Waals surface area contributed by atoms with Crippen LogP contribution in [0.4, 0.5) is 5.69 Å². The number of ether oxygens (including phenoxy) is 3. The standard InChI is InChI=1S/C39H34N4O5S/c1-23-10-16-31(24(2)18-23)42-37(44)35-25(3)41-39-43(36(35)27-12-14-30(46-4)15-13-27)38(45)34(49-39)20-26-11-17-32(33(19-26)47-5)48-22-29-9-7-6-8-28(29)21-40/h6-20,36H,22H2,1-5H3,(H,42,44)/b34-20+/t36-/m1/s1. The normalized spacial score (nSPS) is 14.0. The lowest BCUT2D eigenvalue weighted by Gasteiger charge is -2.25. The first-order valence-corrected chi connectivity index (χ1v) is 16.4. The van der Waals surface area contributed by atoms with Gasteiger partial charge in [0.1, 0.15) is 12.4 Å². The predicted octanol–water partition coefficient (Wildman–Crippen LogP) is 5.96. The van der Waals surface area contributed by atoms with Gasteiger partial charge in [-0.3, -0.25) is 14.2 Å². The zero-order valence-electron chi connectivity index (χ0n) is 27.7. The van der Waals surface area contributed by atoms with Crippen LogP contribution < -0.4 is 34.4 Å². The number of anilines is 1. The fourth-order valence-corrected chi connectivity index (χ4v) is 6.86. The van der Waals surface area contributed by atoms with Crippen molar-refractivity contribution >= 4 is 29.0 Å². The van der Waals surface area contributed by atoms with Crippen molar-refractivity contribution in [2.24, 2.45) is 4.99 Å². The van der Waals surface area contributed by atoms with Gasteiger partial charge < -0.3 is 19.5 Å². The minimum atomic E-state index is -0.725. The molecule has 0 spiro atoms.